The fourth-order valence-corrected chi connectivity index (χ4v) is 2.28. The Balaban J connectivity index is 2.21. The van der Waals surface area contributed by atoms with Crippen LogP contribution in [0.1, 0.15) is 22.3 Å². The van der Waals surface area contributed by atoms with E-state index >= 15 is 0 Å². The van der Waals surface area contributed by atoms with E-state index < -0.39 is 0 Å². The molecule has 0 aromatic heterocycles. The zero-order valence-corrected chi connectivity index (χ0v) is 8.23. The topological polar surface area (TPSA) is 43.1 Å². The van der Waals surface area contributed by atoms with Gasteiger partial charge >= 0.3 is 0 Å². The summed E-state index contributed by atoms with van der Waals surface area (Å²) in [5.41, 5.74) is 9.64. The SMILES string of the molecule is NC1C=CC2=C(C1)C(=O)c1ccccc12. The van der Waals surface area contributed by atoms with Crippen LogP contribution in [-0.4, -0.2) is 11.8 Å². The van der Waals surface area contributed by atoms with Crippen LogP contribution in [0.4, 0.5) is 0 Å². The van der Waals surface area contributed by atoms with E-state index in [0.29, 0.717) is 6.42 Å². The Kier molecular flexibility index (Phi) is 1.67. The summed E-state index contributed by atoms with van der Waals surface area (Å²) in [4.78, 5) is 12.0. The van der Waals surface area contributed by atoms with Crippen LogP contribution in [0.2, 0.25) is 0 Å². The van der Waals surface area contributed by atoms with Crippen LogP contribution in [0.3, 0.4) is 0 Å². The third-order valence-electron chi connectivity index (χ3n) is 3.01. The van der Waals surface area contributed by atoms with Crippen LogP contribution < -0.4 is 5.73 Å². The highest BCUT2D eigenvalue weighted by Gasteiger charge is 2.30. The summed E-state index contributed by atoms with van der Waals surface area (Å²) in [6.07, 6.45) is 4.61. The van der Waals surface area contributed by atoms with E-state index in [9.17, 15) is 4.79 Å². The fourth-order valence-electron chi connectivity index (χ4n) is 2.28. The molecule has 0 heterocycles. The van der Waals surface area contributed by atoms with Crippen LogP contribution in [0.15, 0.2) is 42.0 Å². The third kappa shape index (κ3) is 1.12. The van der Waals surface area contributed by atoms with Crippen molar-refractivity contribution in [3.8, 4) is 0 Å². The molecule has 0 bridgehead atoms. The molecule has 15 heavy (non-hydrogen) atoms. The van der Waals surface area contributed by atoms with E-state index in [0.717, 1.165) is 22.3 Å². The molecule has 74 valence electrons. The Bertz CT molecular complexity index is 511. The van der Waals surface area contributed by atoms with Gasteiger partial charge in [-0.3, -0.25) is 4.79 Å². The van der Waals surface area contributed by atoms with Crippen molar-refractivity contribution >= 4 is 11.4 Å². The van der Waals surface area contributed by atoms with Gasteiger partial charge in [-0.25, -0.2) is 0 Å². The highest BCUT2D eigenvalue weighted by molar-refractivity contribution is 6.22. The van der Waals surface area contributed by atoms with Gasteiger partial charge in [0.05, 0.1) is 0 Å². The number of carbonyl (C=O) groups excluding carboxylic acids is 1. The Labute approximate surface area is 88.1 Å². The predicted molar refractivity (Wildman–Crippen MR) is 59.4 cm³/mol. The zero-order valence-electron chi connectivity index (χ0n) is 8.23. The standard InChI is InChI=1S/C13H11NO/c14-8-5-6-10-9-3-1-2-4-11(9)13(15)12(10)7-8/h1-6,8H,7,14H2. The monoisotopic (exact) mass is 197 g/mol. The van der Waals surface area contributed by atoms with Gasteiger partial charge in [0.25, 0.3) is 0 Å². The van der Waals surface area contributed by atoms with E-state index in [2.05, 4.69) is 0 Å². The van der Waals surface area contributed by atoms with Gasteiger partial charge in [0.2, 0.25) is 0 Å². The van der Waals surface area contributed by atoms with Gasteiger partial charge in [0, 0.05) is 17.2 Å². The first-order valence-electron chi connectivity index (χ1n) is 5.08. The number of nitrogens with two attached hydrogens (primary N) is 1. The number of Topliss-reactive ketones (excluding diaryl/α,β-unsaturated/α-hetero) is 1. The molecule has 1 aromatic rings. The van der Waals surface area contributed by atoms with E-state index in [1.807, 2.05) is 36.4 Å². The minimum absolute atomic E-state index is 0.0120. The lowest BCUT2D eigenvalue weighted by Gasteiger charge is -2.13. The molecular weight excluding hydrogens is 186 g/mol. The predicted octanol–water partition coefficient (Wildman–Crippen LogP) is 1.92. The summed E-state index contributed by atoms with van der Waals surface area (Å²) in [6.45, 7) is 0. The molecule has 3 rings (SSSR count). The van der Waals surface area contributed by atoms with Gasteiger partial charge in [0.15, 0.2) is 5.78 Å². The van der Waals surface area contributed by atoms with Crippen molar-refractivity contribution in [2.75, 3.05) is 0 Å². The molecule has 2 heteroatoms. The second-order valence-electron chi connectivity index (χ2n) is 3.99. The lowest BCUT2D eigenvalue weighted by molar-refractivity contribution is 0.103. The summed E-state index contributed by atoms with van der Waals surface area (Å²) in [6, 6.07) is 7.73. The summed E-state index contributed by atoms with van der Waals surface area (Å²) in [5, 5.41) is 0. The lowest BCUT2D eigenvalue weighted by Crippen LogP contribution is -2.21. The van der Waals surface area contributed by atoms with Gasteiger partial charge in [-0.1, -0.05) is 36.4 Å². The van der Waals surface area contributed by atoms with Crippen molar-refractivity contribution in [2.45, 2.75) is 12.5 Å². The van der Waals surface area contributed by atoms with Crippen LogP contribution >= 0.6 is 0 Å². The van der Waals surface area contributed by atoms with Crippen LogP contribution in [-0.2, 0) is 0 Å². The molecule has 2 aliphatic carbocycles. The molecule has 1 aromatic carbocycles. The molecule has 2 N–H and O–H groups in total. The molecule has 0 fully saturated rings. The summed E-state index contributed by atoms with van der Waals surface area (Å²) < 4.78 is 0. The number of allylic oxidation sites excluding steroid dienone is 2. The average Bonchev–Trinajstić information content (AvgIpc) is 2.54. The molecule has 0 spiro atoms. The second kappa shape index (κ2) is 2.91. The Hall–Kier alpha value is -1.67. The number of rotatable bonds is 0. The highest BCUT2D eigenvalue weighted by Crippen LogP contribution is 2.37. The number of hydrogen-bond acceptors (Lipinski definition) is 2. The summed E-state index contributed by atoms with van der Waals surface area (Å²) in [7, 11) is 0. The van der Waals surface area contributed by atoms with Gasteiger partial charge in [0.1, 0.15) is 0 Å². The van der Waals surface area contributed by atoms with E-state index in [-0.39, 0.29) is 11.8 Å². The number of hydrogen-bond donors (Lipinski definition) is 1. The first kappa shape index (κ1) is 8.62. The molecule has 0 amide bonds. The molecule has 0 saturated heterocycles. The Morgan fingerprint density at radius 2 is 1.93 bits per heavy atom. The molecule has 1 atom stereocenters. The maximum absolute atomic E-state index is 12.0. The lowest BCUT2D eigenvalue weighted by atomic mass is 9.95. The van der Waals surface area contributed by atoms with Crippen LogP contribution in [0.5, 0.6) is 0 Å². The minimum atomic E-state index is -0.0120. The second-order valence-corrected chi connectivity index (χ2v) is 3.99. The minimum Gasteiger partial charge on any atom is -0.324 e. The average molecular weight is 197 g/mol. The molecule has 1 unspecified atom stereocenters. The number of carbonyl (C=O) groups is 1. The summed E-state index contributed by atoms with van der Waals surface area (Å²) >= 11 is 0. The molecule has 2 nitrogen and oxygen atoms in total. The summed E-state index contributed by atoms with van der Waals surface area (Å²) in [5.74, 6) is 0.153. The fraction of sp³-hybridized carbons (Fsp3) is 0.154. The first-order chi connectivity index (χ1) is 7.27. The smallest absolute Gasteiger partial charge is 0.190 e. The maximum Gasteiger partial charge on any atom is 0.190 e. The van der Waals surface area contributed by atoms with Crippen molar-refractivity contribution in [3.63, 3.8) is 0 Å². The number of fused-ring (bicyclic) bond motifs is 2. The number of ketones is 1. The van der Waals surface area contributed by atoms with Crippen molar-refractivity contribution in [1.82, 2.24) is 0 Å². The third-order valence-corrected chi connectivity index (χ3v) is 3.01. The van der Waals surface area contributed by atoms with E-state index in [1.54, 1.807) is 0 Å². The Morgan fingerprint density at radius 3 is 2.73 bits per heavy atom. The molecule has 0 aliphatic heterocycles. The molecule has 2 aliphatic rings. The largest absolute Gasteiger partial charge is 0.324 e. The van der Waals surface area contributed by atoms with Gasteiger partial charge < -0.3 is 5.73 Å². The van der Waals surface area contributed by atoms with Crippen molar-refractivity contribution in [1.29, 1.82) is 0 Å². The number of benzene rings is 1. The molecular formula is C13H11NO. The van der Waals surface area contributed by atoms with Crippen LogP contribution in [0, 0.1) is 0 Å². The van der Waals surface area contributed by atoms with Gasteiger partial charge in [-0.05, 0) is 17.6 Å². The van der Waals surface area contributed by atoms with Crippen molar-refractivity contribution < 1.29 is 4.79 Å². The molecule has 0 saturated carbocycles. The van der Waals surface area contributed by atoms with Crippen molar-refractivity contribution in [3.05, 3.63) is 53.1 Å². The maximum atomic E-state index is 12.0. The normalized spacial score (nSPS) is 23.0. The van der Waals surface area contributed by atoms with E-state index in [4.69, 9.17) is 5.73 Å². The zero-order chi connectivity index (χ0) is 10.4. The highest BCUT2D eigenvalue weighted by atomic mass is 16.1. The molecule has 0 radical (unpaired) electrons. The Morgan fingerprint density at radius 1 is 1.20 bits per heavy atom. The first-order valence-corrected chi connectivity index (χ1v) is 5.08. The van der Waals surface area contributed by atoms with E-state index in [1.165, 1.54) is 0 Å². The van der Waals surface area contributed by atoms with Crippen LogP contribution in [0.25, 0.3) is 5.57 Å². The van der Waals surface area contributed by atoms with Crippen molar-refractivity contribution in [2.24, 2.45) is 5.73 Å². The quantitative estimate of drug-likeness (QED) is 0.690. The van der Waals surface area contributed by atoms with Gasteiger partial charge in [-0.15, -0.1) is 0 Å². The van der Waals surface area contributed by atoms with Gasteiger partial charge in [-0.2, -0.15) is 0 Å².